The monoisotopic (exact) mass is 319 g/mol. The zero-order valence-corrected chi connectivity index (χ0v) is 12.6. The number of nitrogens with one attached hydrogen (secondary N) is 1. The van der Waals surface area contributed by atoms with E-state index in [0.29, 0.717) is 23.9 Å². The van der Waals surface area contributed by atoms with Crippen LogP contribution in [-0.2, 0) is 17.8 Å². The zero-order valence-electron chi connectivity index (χ0n) is 11.8. The van der Waals surface area contributed by atoms with Gasteiger partial charge in [0.15, 0.2) is 5.13 Å². The summed E-state index contributed by atoms with van der Waals surface area (Å²) in [5, 5.41) is 14.1. The van der Waals surface area contributed by atoms with Crippen molar-refractivity contribution >= 4 is 28.1 Å². The Morgan fingerprint density at radius 1 is 1.50 bits per heavy atom. The summed E-state index contributed by atoms with van der Waals surface area (Å²) in [6, 6.07) is 4.41. The average Bonchev–Trinajstić information content (AvgIpc) is 2.89. The van der Waals surface area contributed by atoms with Crippen LogP contribution in [0.3, 0.4) is 0 Å². The molecule has 8 heteroatoms. The molecule has 1 aliphatic rings. The predicted octanol–water partition coefficient (Wildman–Crippen LogP) is 2.68. The number of aromatic nitrogens is 1. The van der Waals surface area contributed by atoms with Gasteiger partial charge in [0, 0.05) is 23.6 Å². The molecule has 1 amide bonds. The second-order valence-corrected chi connectivity index (χ2v) is 5.99. The molecule has 2 heterocycles. The standard InChI is InChI=1S/C14H13N3O4S/c1-8-2-3-9(6-11(8)17(19)20)13(18)16-14-15-10-4-5-21-7-12(10)22-14/h2-3,6H,4-5,7H2,1H3,(H,15,16,18). The van der Waals surface area contributed by atoms with Crippen LogP contribution in [0.25, 0.3) is 0 Å². The van der Waals surface area contributed by atoms with Gasteiger partial charge in [0.05, 0.1) is 28.7 Å². The first-order chi connectivity index (χ1) is 10.5. The van der Waals surface area contributed by atoms with E-state index in [1.165, 1.54) is 17.4 Å². The maximum absolute atomic E-state index is 12.2. The van der Waals surface area contributed by atoms with Gasteiger partial charge in [-0.3, -0.25) is 20.2 Å². The highest BCUT2D eigenvalue weighted by molar-refractivity contribution is 7.15. The summed E-state index contributed by atoms with van der Waals surface area (Å²) in [6.45, 7) is 2.78. The number of nitrogens with zero attached hydrogens (tertiary/aromatic N) is 2. The number of anilines is 1. The number of hydrogen-bond acceptors (Lipinski definition) is 6. The van der Waals surface area contributed by atoms with Crippen LogP contribution in [0.15, 0.2) is 18.2 Å². The molecule has 0 bridgehead atoms. The summed E-state index contributed by atoms with van der Waals surface area (Å²) >= 11 is 1.37. The van der Waals surface area contributed by atoms with E-state index in [4.69, 9.17) is 4.74 Å². The highest BCUT2D eigenvalue weighted by atomic mass is 32.1. The minimum atomic E-state index is -0.494. The fourth-order valence-electron chi connectivity index (χ4n) is 2.20. The van der Waals surface area contributed by atoms with E-state index in [1.807, 2.05) is 0 Å². The van der Waals surface area contributed by atoms with Crippen LogP contribution in [0.2, 0.25) is 0 Å². The number of benzene rings is 1. The van der Waals surface area contributed by atoms with Crippen molar-refractivity contribution in [1.29, 1.82) is 0 Å². The fourth-order valence-corrected chi connectivity index (χ4v) is 3.14. The van der Waals surface area contributed by atoms with E-state index in [2.05, 4.69) is 10.3 Å². The third-order valence-corrected chi connectivity index (χ3v) is 4.37. The highest BCUT2D eigenvalue weighted by Gasteiger charge is 2.19. The van der Waals surface area contributed by atoms with Gasteiger partial charge in [0.2, 0.25) is 0 Å². The van der Waals surface area contributed by atoms with Crippen molar-refractivity contribution in [2.45, 2.75) is 20.0 Å². The molecule has 1 aliphatic heterocycles. The van der Waals surface area contributed by atoms with Gasteiger partial charge >= 0.3 is 0 Å². The smallest absolute Gasteiger partial charge is 0.273 e. The summed E-state index contributed by atoms with van der Waals surface area (Å²) in [5.74, 6) is -0.407. The number of carbonyl (C=O) groups is 1. The molecule has 0 spiro atoms. The molecular weight excluding hydrogens is 306 g/mol. The number of carbonyl (C=O) groups excluding carboxylic acids is 1. The van der Waals surface area contributed by atoms with Gasteiger partial charge in [-0.15, -0.1) is 0 Å². The van der Waals surface area contributed by atoms with E-state index >= 15 is 0 Å². The molecule has 0 aliphatic carbocycles. The van der Waals surface area contributed by atoms with Crippen molar-refractivity contribution in [3.63, 3.8) is 0 Å². The quantitative estimate of drug-likeness (QED) is 0.693. The molecule has 1 N–H and O–H groups in total. The molecule has 1 aromatic heterocycles. The number of ether oxygens (including phenoxy) is 1. The molecule has 1 aromatic carbocycles. The Hall–Kier alpha value is -2.32. The van der Waals surface area contributed by atoms with Gasteiger partial charge in [0.1, 0.15) is 0 Å². The van der Waals surface area contributed by atoms with Crippen molar-refractivity contribution in [2.24, 2.45) is 0 Å². The Balaban J connectivity index is 1.81. The van der Waals surface area contributed by atoms with E-state index in [-0.39, 0.29) is 11.3 Å². The number of thiazole rings is 1. The molecule has 0 radical (unpaired) electrons. The van der Waals surface area contributed by atoms with Crippen LogP contribution < -0.4 is 5.32 Å². The maximum atomic E-state index is 12.2. The van der Waals surface area contributed by atoms with Crippen molar-refractivity contribution in [2.75, 3.05) is 11.9 Å². The van der Waals surface area contributed by atoms with Crippen molar-refractivity contribution in [3.05, 3.63) is 50.0 Å². The summed E-state index contributed by atoms with van der Waals surface area (Å²) in [5.41, 5.74) is 1.63. The second-order valence-electron chi connectivity index (χ2n) is 4.90. The molecular formula is C14H13N3O4S. The fraction of sp³-hybridized carbons (Fsp3) is 0.286. The van der Waals surface area contributed by atoms with Crippen molar-refractivity contribution in [1.82, 2.24) is 4.98 Å². The number of aryl methyl sites for hydroxylation is 1. The first kappa shape index (κ1) is 14.6. The van der Waals surface area contributed by atoms with Crippen molar-refractivity contribution in [3.8, 4) is 0 Å². The molecule has 0 fully saturated rings. The Kier molecular flexibility index (Phi) is 3.86. The van der Waals surface area contributed by atoms with Crippen LogP contribution in [0.5, 0.6) is 0 Å². The number of hydrogen-bond donors (Lipinski definition) is 1. The molecule has 22 heavy (non-hydrogen) atoms. The normalized spacial score (nSPS) is 13.5. The van der Waals surface area contributed by atoms with Crippen LogP contribution in [-0.4, -0.2) is 22.4 Å². The van der Waals surface area contributed by atoms with Gasteiger partial charge in [-0.2, -0.15) is 0 Å². The molecule has 3 rings (SSSR count). The van der Waals surface area contributed by atoms with Crippen LogP contribution in [0.4, 0.5) is 10.8 Å². The highest BCUT2D eigenvalue weighted by Crippen LogP contribution is 2.27. The Morgan fingerprint density at radius 2 is 2.32 bits per heavy atom. The number of fused-ring (bicyclic) bond motifs is 1. The van der Waals surface area contributed by atoms with Gasteiger partial charge in [0.25, 0.3) is 11.6 Å². The summed E-state index contributed by atoms with van der Waals surface area (Å²) in [4.78, 5) is 28.0. The molecule has 114 valence electrons. The molecule has 2 aromatic rings. The topological polar surface area (TPSA) is 94.4 Å². The lowest BCUT2D eigenvalue weighted by atomic mass is 10.1. The summed E-state index contributed by atoms with van der Waals surface area (Å²) in [7, 11) is 0. The maximum Gasteiger partial charge on any atom is 0.273 e. The van der Waals surface area contributed by atoms with Crippen LogP contribution >= 0.6 is 11.3 Å². The van der Waals surface area contributed by atoms with E-state index in [9.17, 15) is 14.9 Å². The molecule has 0 atom stereocenters. The number of nitro benzene ring substituents is 1. The SMILES string of the molecule is Cc1ccc(C(=O)Nc2nc3c(s2)COCC3)cc1[N+](=O)[O-]. The predicted molar refractivity (Wildman–Crippen MR) is 81.3 cm³/mol. The summed E-state index contributed by atoms with van der Waals surface area (Å²) in [6.07, 6.45) is 0.734. The van der Waals surface area contributed by atoms with Gasteiger partial charge in [-0.1, -0.05) is 17.4 Å². The minimum Gasteiger partial charge on any atom is -0.375 e. The molecule has 0 unspecified atom stereocenters. The van der Waals surface area contributed by atoms with E-state index in [1.54, 1.807) is 19.1 Å². The molecule has 0 saturated carbocycles. The van der Waals surface area contributed by atoms with Gasteiger partial charge in [-0.05, 0) is 13.0 Å². The Bertz CT molecular complexity index is 733. The molecule has 7 nitrogen and oxygen atoms in total. The third kappa shape index (κ3) is 2.83. The lowest BCUT2D eigenvalue weighted by molar-refractivity contribution is -0.385. The van der Waals surface area contributed by atoms with Gasteiger partial charge < -0.3 is 4.74 Å². The minimum absolute atomic E-state index is 0.0699. The first-order valence-electron chi connectivity index (χ1n) is 6.67. The third-order valence-electron chi connectivity index (χ3n) is 3.38. The van der Waals surface area contributed by atoms with Crippen LogP contribution in [0, 0.1) is 17.0 Å². The lowest BCUT2D eigenvalue weighted by Crippen LogP contribution is -2.12. The number of amides is 1. The van der Waals surface area contributed by atoms with Gasteiger partial charge in [-0.25, -0.2) is 4.98 Å². The number of rotatable bonds is 3. The summed E-state index contributed by atoms with van der Waals surface area (Å²) < 4.78 is 5.34. The molecule has 0 saturated heterocycles. The Labute approximate surface area is 130 Å². The van der Waals surface area contributed by atoms with E-state index in [0.717, 1.165) is 17.0 Å². The van der Waals surface area contributed by atoms with Crippen molar-refractivity contribution < 1.29 is 14.5 Å². The van der Waals surface area contributed by atoms with E-state index < -0.39 is 10.8 Å². The van der Waals surface area contributed by atoms with Crippen LogP contribution in [0.1, 0.15) is 26.5 Å². The largest absolute Gasteiger partial charge is 0.375 e. The Morgan fingerprint density at radius 3 is 3.05 bits per heavy atom. The zero-order chi connectivity index (χ0) is 15.7. The average molecular weight is 319 g/mol. The lowest BCUT2D eigenvalue weighted by Gasteiger charge is -2.08. The second kappa shape index (κ2) is 5.82. The number of nitro groups is 1. The first-order valence-corrected chi connectivity index (χ1v) is 7.49.